The molecule has 0 bridgehead atoms. The Hall–Kier alpha value is -1.94. The number of thiazole rings is 1. The Labute approximate surface area is 195 Å². The molecule has 1 aromatic carbocycles. The van der Waals surface area contributed by atoms with Gasteiger partial charge in [0, 0.05) is 23.3 Å². The third-order valence-corrected chi connectivity index (χ3v) is 10.6. The maximum absolute atomic E-state index is 12.7. The van der Waals surface area contributed by atoms with Crippen LogP contribution in [0.25, 0.3) is 5.57 Å². The van der Waals surface area contributed by atoms with Crippen LogP contribution < -0.4 is 5.32 Å². The predicted octanol–water partition coefficient (Wildman–Crippen LogP) is 6.55. The molecule has 1 N–H and O–H groups in total. The van der Waals surface area contributed by atoms with Gasteiger partial charge in [0.2, 0.25) is 0 Å². The zero-order valence-corrected chi connectivity index (χ0v) is 20.1. The van der Waals surface area contributed by atoms with Crippen LogP contribution in [0.1, 0.15) is 68.5 Å². The summed E-state index contributed by atoms with van der Waals surface area (Å²) >= 11 is 1.86. The van der Waals surface area contributed by atoms with Crippen LogP contribution in [-0.4, -0.2) is 17.3 Å². The fourth-order valence-corrected chi connectivity index (χ4v) is 8.69. The van der Waals surface area contributed by atoms with Gasteiger partial charge in [-0.15, -0.1) is 11.3 Å². The lowest BCUT2D eigenvalue weighted by Gasteiger charge is -2.55. The van der Waals surface area contributed by atoms with Crippen LogP contribution in [-0.2, 0) is 17.6 Å². The number of nitrogens with one attached hydrogen (secondary N) is 1. The highest BCUT2D eigenvalue weighted by atomic mass is 32.1. The quantitative estimate of drug-likeness (QED) is 0.579. The van der Waals surface area contributed by atoms with Crippen LogP contribution in [0.15, 0.2) is 36.4 Å². The summed E-state index contributed by atoms with van der Waals surface area (Å²) in [5.74, 6) is 2.52. The van der Waals surface area contributed by atoms with E-state index in [0.29, 0.717) is 23.5 Å². The molecule has 6 rings (SSSR count). The average molecular weight is 447 g/mol. The van der Waals surface area contributed by atoms with Crippen molar-refractivity contribution in [2.75, 3.05) is 11.9 Å². The number of hydrogen-bond acceptors (Lipinski definition) is 4. The number of hydrogen-bond donors (Lipinski definition) is 1. The van der Waals surface area contributed by atoms with Crippen LogP contribution >= 0.6 is 11.3 Å². The van der Waals surface area contributed by atoms with Gasteiger partial charge in [0.15, 0.2) is 5.13 Å². The first-order valence-corrected chi connectivity index (χ1v) is 13.3. The number of ketones is 1. The summed E-state index contributed by atoms with van der Waals surface area (Å²) in [6, 6.07) is 10.7. The molecule has 0 spiro atoms. The molecule has 1 heterocycles. The van der Waals surface area contributed by atoms with Gasteiger partial charge < -0.3 is 5.32 Å². The molecule has 3 nitrogen and oxygen atoms in total. The number of fused-ring (bicyclic) bond motifs is 7. The van der Waals surface area contributed by atoms with E-state index in [-0.39, 0.29) is 10.8 Å². The van der Waals surface area contributed by atoms with Gasteiger partial charge in [-0.1, -0.05) is 50.3 Å². The Bertz CT molecular complexity index is 1070. The number of Topliss-reactive ketones (excluding diaryl/α,β-unsaturated/α-hetero) is 1. The van der Waals surface area contributed by atoms with E-state index in [1.165, 1.54) is 34.5 Å². The van der Waals surface area contributed by atoms with Crippen molar-refractivity contribution in [1.82, 2.24) is 4.98 Å². The molecular formula is C28H34N2OS. The third kappa shape index (κ3) is 3.05. The Morgan fingerprint density at radius 3 is 2.72 bits per heavy atom. The average Bonchev–Trinajstić information content (AvgIpc) is 3.34. The lowest BCUT2D eigenvalue weighted by molar-refractivity contribution is -0.131. The third-order valence-electron chi connectivity index (χ3n) is 9.53. The van der Waals surface area contributed by atoms with Crippen molar-refractivity contribution in [1.29, 1.82) is 0 Å². The number of carbonyl (C=O) groups is 1. The standard InChI is InChI=1S/C28H34N2OS/c1-27-16-13-23-25(30-26(32-23)29-17-14-18-6-4-3-5-7-18)22(27)9-8-19-20-10-11-24(31)28(20,2)15-12-21(19)27/h3-7,9,19-21H,8,10-17H2,1-2H3,(H,29,30)/t19-,20-,21-,27+,28-/m0/s1. The Morgan fingerprint density at radius 1 is 1.06 bits per heavy atom. The topological polar surface area (TPSA) is 42.0 Å². The maximum Gasteiger partial charge on any atom is 0.183 e. The number of aryl methyl sites for hydroxylation is 1. The first-order valence-electron chi connectivity index (χ1n) is 12.5. The summed E-state index contributed by atoms with van der Waals surface area (Å²) in [6.45, 7) is 5.71. The van der Waals surface area contributed by atoms with Gasteiger partial charge in [0.05, 0.1) is 5.69 Å². The van der Waals surface area contributed by atoms with Crippen LogP contribution in [0.4, 0.5) is 5.13 Å². The molecule has 32 heavy (non-hydrogen) atoms. The molecular weight excluding hydrogens is 412 g/mol. The van der Waals surface area contributed by atoms with Crippen LogP contribution in [0, 0.1) is 28.6 Å². The number of rotatable bonds is 4. The second-order valence-electron chi connectivity index (χ2n) is 11.0. The highest BCUT2D eigenvalue weighted by Crippen LogP contribution is 2.65. The van der Waals surface area contributed by atoms with E-state index in [4.69, 9.17) is 4.98 Å². The lowest BCUT2D eigenvalue weighted by atomic mass is 9.48. The van der Waals surface area contributed by atoms with Crippen molar-refractivity contribution in [3.63, 3.8) is 0 Å². The zero-order valence-electron chi connectivity index (χ0n) is 19.3. The summed E-state index contributed by atoms with van der Waals surface area (Å²) in [5.41, 5.74) is 4.34. The van der Waals surface area contributed by atoms with E-state index in [1.807, 2.05) is 11.3 Å². The summed E-state index contributed by atoms with van der Waals surface area (Å²) in [4.78, 5) is 19.3. The normalized spacial score (nSPS) is 35.4. The van der Waals surface area contributed by atoms with E-state index in [2.05, 4.69) is 55.6 Å². The highest BCUT2D eigenvalue weighted by Gasteiger charge is 2.58. The fraction of sp³-hybridized carbons (Fsp3) is 0.571. The van der Waals surface area contributed by atoms with E-state index in [1.54, 1.807) is 0 Å². The molecule has 2 fully saturated rings. The minimum Gasteiger partial charge on any atom is -0.361 e. The molecule has 2 saturated carbocycles. The second-order valence-corrected chi connectivity index (χ2v) is 12.1. The number of anilines is 1. The first-order chi connectivity index (χ1) is 15.5. The summed E-state index contributed by atoms with van der Waals surface area (Å²) in [5, 5.41) is 4.68. The molecule has 0 unspecified atom stereocenters. The monoisotopic (exact) mass is 446 g/mol. The molecule has 0 saturated heterocycles. The van der Waals surface area contributed by atoms with Crippen molar-refractivity contribution in [2.24, 2.45) is 28.6 Å². The van der Waals surface area contributed by atoms with E-state index in [0.717, 1.165) is 50.2 Å². The number of allylic oxidation sites excluding steroid dienone is 2. The first kappa shape index (κ1) is 20.7. The van der Waals surface area contributed by atoms with Gasteiger partial charge >= 0.3 is 0 Å². The van der Waals surface area contributed by atoms with Crippen molar-refractivity contribution in [3.8, 4) is 0 Å². The summed E-state index contributed by atoms with van der Waals surface area (Å²) in [7, 11) is 0. The Morgan fingerprint density at radius 2 is 1.88 bits per heavy atom. The molecule has 0 amide bonds. The lowest BCUT2D eigenvalue weighted by Crippen LogP contribution is -2.49. The Kier molecular flexibility index (Phi) is 4.87. The number of aromatic nitrogens is 1. The highest BCUT2D eigenvalue weighted by molar-refractivity contribution is 7.15. The zero-order chi connectivity index (χ0) is 21.9. The predicted molar refractivity (Wildman–Crippen MR) is 132 cm³/mol. The Balaban J connectivity index is 1.23. The van der Waals surface area contributed by atoms with Crippen molar-refractivity contribution in [3.05, 3.63) is 52.5 Å². The fourth-order valence-electron chi connectivity index (χ4n) is 7.69. The second kappa shape index (κ2) is 7.55. The van der Waals surface area contributed by atoms with Crippen molar-refractivity contribution >= 4 is 27.8 Å². The smallest absolute Gasteiger partial charge is 0.183 e. The molecule has 2 aromatic rings. The SMILES string of the molecule is C[C@]12CCc3sc(NCCc4ccccc4)nc3C1=CC[C@@H]1[C@@H]2CC[C@]2(C)C(=O)CC[C@@H]12. The molecule has 4 aliphatic carbocycles. The van der Waals surface area contributed by atoms with Crippen LogP contribution in [0.2, 0.25) is 0 Å². The number of nitrogens with zero attached hydrogens (tertiary/aromatic N) is 1. The van der Waals surface area contributed by atoms with Gasteiger partial charge in [-0.25, -0.2) is 4.98 Å². The minimum atomic E-state index is -0.0425. The van der Waals surface area contributed by atoms with Gasteiger partial charge in [-0.2, -0.15) is 0 Å². The van der Waals surface area contributed by atoms with Gasteiger partial charge in [0.25, 0.3) is 0 Å². The van der Waals surface area contributed by atoms with E-state index in [9.17, 15) is 4.79 Å². The largest absolute Gasteiger partial charge is 0.361 e. The molecule has 5 atom stereocenters. The van der Waals surface area contributed by atoms with Crippen LogP contribution in [0.5, 0.6) is 0 Å². The molecule has 1 aromatic heterocycles. The number of carbonyl (C=O) groups excluding carboxylic acids is 1. The molecule has 0 radical (unpaired) electrons. The van der Waals surface area contributed by atoms with E-state index < -0.39 is 0 Å². The molecule has 4 aliphatic rings. The van der Waals surface area contributed by atoms with Gasteiger partial charge in [-0.3, -0.25) is 4.79 Å². The van der Waals surface area contributed by atoms with Crippen molar-refractivity contribution in [2.45, 2.75) is 65.2 Å². The minimum absolute atomic E-state index is 0.0425. The maximum atomic E-state index is 12.7. The number of benzene rings is 1. The molecule has 0 aliphatic heterocycles. The summed E-state index contributed by atoms with van der Waals surface area (Å²) in [6.07, 6.45) is 11.3. The van der Waals surface area contributed by atoms with Gasteiger partial charge in [-0.05, 0) is 79.3 Å². The molecule has 168 valence electrons. The van der Waals surface area contributed by atoms with Gasteiger partial charge in [0.1, 0.15) is 5.78 Å². The van der Waals surface area contributed by atoms with E-state index >= 15 is 0 Å². The molecule has 4 heteroatoms. The van der Waals surface area contributed by atoms with Crippen LogP contribution in [0.3, 0.4) is 0 Å². The van der Waals surface area contributed by atoms with Crippen molar-refractivity contribution < 1.29 is 4.79 Å². The summed E-state index contributed by atoms with van der Waals surface area (Å²) < 4.78 is 0.